The first-order valence-electron chi connectivity index (χ1n) is 6.66. The molecule has 3 rings (SSSR count). The number of ether oxygens (including phenoxy) is 1. The summed E-state index contributed by atoms with van der Waals surface area (Å²) in [6.07, 6.45) is 0. The third-order valence-corrected chi connectivity index (χ3v) is 4.52. The van der Waals surface area contributed by atoms with Crippen LogP contribution in [-0.4, -0.2) is 24.7 Å². The first kappa shape index (κ1) is 12.5. The lowest BCUT2D eigenvalue weighted by atomic mass is 9.97. The van der Waals surface area contributed by atoms with Crippen molar-refractivity contribution in [2.24, 2.45) is 17.8 Å². The van der Waals surface area contributed by atoms with Gasteiger partial charge in [-0.2, -0.15) is 0 Å². The van der Waals surface area contributed by atoms with Crippen LogP contribution >= 0.6 is 0 Å². The molecule has 1 heterocycles. The topological polar surface area (TPSA) is 58.6 Å². The number of carbonyl (C=O) groups is 1. The number of aliphatic carboxylic acids is 1. The third kappa shape index (κ3) is 1.82. The Morgan fingerprint density at radius 2 is 2.00 bits per heavy atom. The van der Waals surface area contributed by atoms with Crippen molar-refractivity contribution in [2.45, 2.75) is 19.9 Å². The quantitative estimate of drug-likeness (QED) is 0.872. The van der Waals surface area contributed by atoms with E-state index in [0.29, 0.717) is 5.92 Å². The van der Waals surface area contributed by atoms with E-state index in [9.17, 15) is 4.79 Å². The van der Waals surface area contributed by atoms with Gasteiger partial charge in [0.05, 0.1) is 13.0 Å². The molecule has 1 saturated heterocycles. The number of hydrogen-bond acceptors (Lipinski definition) is 3. The minimum atomic E-state index is -0.650. The number of methoxy groups -OCH3 is 1. The van der Waals surface area contributed by atoms with E-state index in [1.807, 2.05) is 13.8 Å². The highest BCUT2D eigenvalue weighted by Crippen LogP contribution is 2.57. The predicted octanol–water partition coefficient (Wildman–Crippen LogP) is 1.90. The minimum Gasteiger partial charge on any atom is -0.496 e. The maximum absolute atomic E-state index is 11.1. The van der Waals surface area contributed by atoms with E-state index < -0.39 is 5.97 Å². The molecule has 2 N–H and O–H groups in total. The summed E-state index contributed by atoms with van der Waals surface area (Å²) in [4.78, 5) is 11.1. The Hall–Kier alpha value is -1.55. The lowest BCUT2D eigenvalue weighted by Gasteiger charge is -2.18. The number of aryl methyl sites for hydroxylation is 2. The van der Waals surface area contributed by atoms with Crippen molar-refractivity contribution in [1.29, 1.82) is 0 Å². The summed E-state index contributed by atoms with van der Waals surface area (Å²) < 4.78 is 5.38. The van der Waals surface area contributed by atoms with Gasteiger partial charge in [0.15, 0.2) is 0 Å². The second kappa shape index (κ2) is 4.23. The summed E-state index contributed by atoms with van der Waals surface area (Å²) in [5, 5.41) is 12.6. The fourth-order valence-electron chi connectivity index (χ4n) is 3.69. The van der Waals surface area contributed by atoms with Gasteiger partial charge in [-0.25, -0.2) is 0 Å². The molecular weight excluding hydrogens is 242 g/mol. The lowest BCUT2D eigenvalue weighted by molar-refractivity contribution is -0.139. The molecule has 4 nitrogen and oxygen atoms in total. The van der Waals surface area contributed by atoms with E-state index in [4.69, 9.17) is 9.84 Å². The molecule has 2 aliphatic rings. The number of carboxylic acid groups (broad SMARTS) is 1. The molecule has 0 radical (unpaired) electrons. The van der Waals surface area contributed by atoms with Gasteiger partial charge in [-0.3, -0.25) is 4.79 Å². The SMILES string of the molecule is COc1c(C)cc(C2NCC3C(C(=O)O)C23)cc1C. The molecule has 0 aromatic heterocycles. The van der Waals surface area contributed by atoms with E-state index >= 15 is 0 Å². The maximum atomic E-state index is 11.1. The zero-order valence-electron chi connectivity index (χ0n) is 11.4. The fourth-order valence-corrected chi connectivity index (χ4v) is 3.69. The second-order valence-corrected chi connectivity index (χ2v) is 5.68. The zero-order chi connectivity index (χ0) is 13.7. The summed E-state index contributed by atoms with van der Waals surface area (Å²) in [6.45, 7) is 4.88. The van der Waals surface area contributed by atoms with E-state index in [0.717, 1.165) is 23.4 Å². The Balaban J connectivity index is 1.90. The molecule has 19 heavy (non-hydrogen) atoms. The number of rotatable bonds is 3. The van der Waals surface area contributed by atoms with Gasteiger partial charge >= 0.3 is 5.97 Å². The molecule has 4 unspecified atom stereocenters. The smallest absolute Gasteiger partial charge is 0.307 e. The van der Waals surface area contributed by atoms with Crippen LogP contribution in [0.15, 0.2) is 12.1 Å². The van der Waals surface area contributed by atoms with Crippen LogP contribution in [0.5, 0.6) is 5.75 Å². The Labute approximate surface area is 112 Å². The van der Waals surface area contributed by atoms with Crippen LogP contribution in [0.2, 0.25) is 0 Å². The van der Waals surface area contributed by atoms with Gasteiger partial charge in [0, 0.05) is 6.04 Å². The molecule has 0 bridgehead atoms. The van der Waals surface area contributed by atoms with Gasteiger partial charge in [0.25, 0.3) is 0 Å². The van der Waals surface area contributed by atoms with Crippen molar-refractivity contribution in [1.82, 2.24) is 5.32 Å². The van der Waals surface area contributed by atoms with Gasteiger partial charge in [0.1, 0.15) is 5.75 Å². The molecule has 1 aliphatic heterocycles. The van der Waals surface area contributed by atoms with Crippen LogP contribution in [0, 0.1) is 31.6 Å². The molecule has 0 spiro atoms. The van der Waals surface area contributed by atoms with Gasteiger partial charge < -0.3 is 15.2 Å². The first-order valence-corrected chi connectivity index (χ1v) is 6.66. The van der Waals surface area contributed by atoms with Gasteiger partial charge in [-0.05, 0) is 48.9 Å². The van der Waals surface area contributed by atoms with Crippen molar-refractivity contribution in [3.8, 4) is 5.75 Å². The van der Waals surface area contributed by atoms with E-state index in [-0.39, 0.29) is 17.9 Å². The summed E-state index contributed by atoms with van der Waals surface area (Å²) in [5.74, 6) is 0.677. The first-order chi connectivity index (χ1) is 9.04. The monoisotopic (exact) mass is 261 g/mol. The van der Waals surface area contributed by atoms with E-state index in [1.165, 1.54) is 5.56 Å². The highest BCUT2D eigenvalue weighted by atomic mass is 16.5. The Bertz CT molecular complexity index is 517. The number of carboxylic acids is 1. The highest BCUT2D eigenvalue weighted by molar-refractivity contribution is 5.75. The standard InChI is InChI=1S/C15H19NO3/c1-7-4-9(5-8(2)14(7)19-3)13-11-10(6-16-13)12(11)15(17)18/h4-5,10-13,16H,6H2,1-3H3,(H,17,18). The van der Waals surface area contributed by atoms with E-state index in [2.05, 4.69) is 17.4 Å². The number of fused-ring (bicyclic) bond motifs is 1. The van der Waals surface area contributed by atoms with Crippen molar-refractivity contribution >= 4 is 5.97 Å². The average molecular weight is 261 g/mol. The largest absolute Gasteiger partial charge is 0.496 e. The minimum absolute atomic E-state index is 0.158. The molecule has 4 heteroatoms. The second-order valence-electron chi connectivity index (χ2n) is 5.68. The van der Waals surface area contributed by atoms with Crippen LogP contribution in [0.25, 0.3) is 0 Å². The van der Waals surface area contributed by atoms with Crippen molar-refractivity contribution < 1.29 is 14.6 Å². The number of nitrogens with one attached hydrogen (secondary N) is 1. The fraction of sp³-hybridized carbons (Fsp3) is 0.533. The van der Waals surface area contributed by atoms with Crippen LogP contribution in [0.3, 0.4) is 0 Å². The van der Waals surface area contributed by atoms with Crippen LogP contribution in [0.1, 0.15) is 22.7 Å². The number of hydrogen-bond donors (Lipinski definition) is 2. The van der Waals surface area contributed by atoms with Crippen molar-refractivity contribution in [3.63, 3.8) is 0 Å². The van der Waals surface area contributed by atoms with E-state index in [1.54, 1.807) is 7.11 Å². The normalized spacial score (nSPS) is 31.9. The summed E-state index contributed by atoms with van der Waals surface area (Å²) >= 11 is 0. The Morgan fingerprint density at radius 1 is 1.37 bits per heavy atom. The summed E-state index contributed by atoms with van der Waals surface area (Å²) in [5.41, 5.74) is 3.40. The van der Waals surface area contributed by atoms with Gasteiger partial charge in [-0.1, -0.05) is 12.1 Å². The predicted molar refractivity (Wildman–Crippen MR) is 71.3 cm³/mol. The average Bonchev–Trinajstić information content (AvgIpc) is 2.90. The van der Waals surface area contributed by atoms with Crippen LogP contribution in [-0.2, 0) is 4.79 Å². The summed E-state index contributed by atoms with van der Waals surface area (Å²) in [7, 11) is 1.68. The molecule has 1 aromatic carbocycles. The van der Waals surface area contributed by atoms with Crippen molar-refractivity contribution in [2.75, 3.05) is 13.7 Å². The number of benzene rings is 1. The molecule has 1 saturated carbocycles. The molecule has 2 fully saturated rings. The maximum Gasteiger partial charge on any atom is 0.307 e. The molecule has 1 aromatic rings. The van der Waals surface area contributed by atoms with Crippen LogP contribution < -0.4 is 10.1 Å². The highest BCUT2D eigenvalue weighted by Gasteiger charge is 2.62. The van der Waals surface area contributed by atoms with Gasteiger partial charge in [-0.15, -0.1) is 0 Å². The Morgan fingerprint density at radius 3 is 2.47 bits per heavy atom. The van der Waals surface area contributed by atoms with Crippen molar-refractivity contribution in [3.05, 3.63) is 28.8 Å². The van der Waals surface area contributed by atoms with Crippen LogP contribution in [0.4, 0.5) is 0 Å². The zero-order valence-corrected chi connectivity index (χ0v) is 11.4. The molecular formula is C15H19NO3. The number of piperidine rings is 1. The molecule has 0 amide bonds. The lowest BCUT2D eigenvalue weighted by Crippen LogP contribution is -2.23. The third-order valence-electron chi connectivity index (χ3n) is 4.52. The molecule has 4 atom stereocenters. The summed E-state index contributed by atoms with van der Waals surface area (Å²) in [6, 6.07) is 4.40. The van der Waals surface area contributed by atoms with Gasteiger partial charge in [0.2, 0.25) is 0 Å². The molecule has 1 aliphatic carbocycles. The Kier molecular flexibility index (Phi) is 2.78. The molecule has 102 valence electrons.